The number of fused-ring (bicyclic) bond motifs is 2. The van der Waals surface area contributed by atoms with Crippen molar-refractivity contribution < 1.29 is 4.79 Å². The number of thiophene rings is 1. The lowest BCUT2D eigenvalue weighted by Gasteiger charge is -2.25. The lowest BCUT2D eigenvalue weighted by atomic mass is 10.1. The van der Waals surface area contributed by atoms with Crippen molar-refractivity contribution in [2.75, 3.05) is 18.4 Å². The highest BCUT2D eigenvalue weighted by Crippen LogP contribution is 2.30. The Labute approximate surface area is 131 Å². The van der Waals surface area contributed by atoms with Crippen LogP contribution < -0.4 is 5.32 Å². The number of hydrogen-bond donors (Lipinski definition) is 1. The Kier molecular flexibility index (Phi) is 3.52. The summed E-state index contributed by atoms with van der Waals surface area (Å²) >= 11 is 3.47. The first-order valence-electron chi connectivity index (χ1n) is 7.34. The van der Waals surface area contributed by atoms with Gasteiger partial charge in [0.15, 0.2) is 5.13 Å². The number of aromatic nitrogens is 1. The van der Waals surface area contributed by atoms with Crippen molar-refractivity contribution in [1.29, 1.82) is 0 Å². The summed E-state index contributed by atoms with van der Waals surface area (Å²) in [6.07, 6.45) is 4.45. The normalized spacial score (nSPS) is 17.5. The largest absolute Gasteiger partial charge is 0.301 e. The van der Waals surface area contributed by atoms with E-state index in [1.165, 1.54) is 27.4 Å². The molecule has 0 unspecified atom stereocenters. The third-order valence-corrected chi connectivity index (χ3v) is 6.19. The van der Waals surface area contributed by atoms with E-state index < -0.39 is 0 Å². The molecule has 1 aliphatic carbocycles. The molecular weight excluding hydrogens is 302 g/mol. The van der Waals surface area contributed by atoms with Gasteiger partial charge in [0.05, 0.1) is 12.2 Å². The average Bonchev–Trinajstić information content (AvgIpc) is 3.12. The highest BCUT2D eigenvalue weighted by molar-refractivity contribution is 7.15. The van der Waals surface area contributed by atoms with Crippen LogP contribution in [0.15, 0.2) is 11.4 Å². The molecule has 1 amide bonds. The van der Waals surface area contributed by atoms with Gasteiger partial charge in [-0.3, -0.25) is 9.69 Å². The van der Waals surface area contributed by atoms with Gasteiger partial charge in [0, 0.05) is 22.8 Å². The smallest absolute Gasteiger partial charge is 0.240 e. The Balaban J connectivity index is 1.36. The number of aryl methyl sites for hydroxylation is 2. The summed E-state index contributed by atoms with van der Waals surface area (Å²) in [4.78, 5) is 21.7. The van der Waals surface area contributed by atoms with Crippen LogP contribution in [0.1, 0.15) is 27.4 Å². The molecule has 21 heavy (non-hydrogen) atoms. The van der Waals surface area contributed by atoms with Crippen LogP contribution in [0.5, 0.6) is 0 Å². The standard InChI is InChI=1S/C15H17N3OS2/c19-14(17-15-16-11-2-1-3-13(11)21-15)9-18-6-4-12-10(8-18)5-7-20-12/h5,7H,1-4,6,8-9H2,(H,16,17,19). The van der Waals surface area contributed by atoms with Gasteiger partial charge in [-0.05, 0) is 42.7 Å². The van der Waals surface area contributed by atoms with Gasteiger partial charge in [0.2, 0.25) is 5.91 Å². The maximum atomic E-state index is 12.2. The molecule has 0 saturated heterocycles. The van der Waals surface area contributed by atoms with Crippen molar-refractivity contribution in [3.63, 3.8) is 0 Å². The molecule has 0 saturated carbocycles. The van der Waals surface area contributed by atoms with E-state index in [1.54, 1.807) is 11.3 Å². The van der Waals surface area contributed by atoms with Crippen molar-refractivity contribution in [2.24, 2.45) is 0 Å². The molecule has 2 aromatic rings. The molecule has 0 atom stereocenters. The van der Waals surface area contributed by atoms with Crippen LogP contribution in [0.3, 0.4) is 0 Å². The third-order valence-electron chi connectivity index (χ3n) is 4.10. The Bertz CT molecular complexity index is 655. The first kappa shape index (κ1) is 13.4. The van der Waals surface area contributed by atoms with Gasteiger partial charge >= 0.3 is 0 Å². The van der Waals surface area contributed by atoms with E-state index in [0.29, 0.717) is 6.54 Å². The van der Waals surface area contributed by atoms with Gasteiger partial charge in [-0.25, -0.2) is 4.98 Å². The van der Waals surface area contributed by atoms with Crippen molar-refractivity contribution in [3.8, 4) is 0 Å². The molecule has 2 aromatic heterocycles. The van der Waals surface area contributed by atoms with E-state index >= 15 is 0 Å². The number of amides is 1. The highest BCUT2D eigenvalue weighted by Gasteiger charge is 2.21. The number of carbonyl (C=O) groups is 1. The van der Waals surface area contributed by atoms with Crippen LogP contribution in [-0.4, -0.2) is 28.9 Å². The van der Waals surface area contributed by atoms with Crippen LogP contribution in [0, 0.1) is 0 Å². The topological polar surface area (TPSA) is 45.2 Å². The van der Waals surface area contributed by atoms with E-state index in [4.69, 9.17) is 0 Å². The SMILES string of the molecule is O=C(CN1CCc2sccc2C1)Nc1nc2c(s1)CCC2. The molecule has 4 nitrogen and oxygen atoms in total. The number of thiazole rings is 1. The summed E-state index contributed by atoms with van der Waals surface area (Å²) in [5.41, 5.74) is 2.57. The van der Waals surface area contributed by atoms with Crippen LogP contribution >= 0.6 is 22.7 Å². The lowest BCUT2D eigenvalue weighted by Crippen LogP contribution is -2.36. The Morgan fingerprint density at radius 3 is 3.19 bits per heavy atom. The van der Waals surface area contributed by atoms with Gasteiger partial charge in [0.25, 0.3) is 0 Å². The zero-order chi connectivity index (χ0) is 14.2. The van der Waals surface area contributed by atoms with Crippen molar-refractivity contribution in [1.82, 2.24) is 9.88 Å². The molecule has 6 heteroatoms. The lowest BCUT2D eigenvalue weighted by molar-refractivity contribution is -0.117. The van der Waals surface area contributed by atoms with Crippen molar-refractivity contribution >= 4 is 33.7 Å². The second-order valence-electron chi connectivity index (χ2n) is 5.62. The summed E-state index contributed by atoms with van der Waals surface area (Å²) in [7, 11) is 0. The molecule has 0 fully saturated rings. The molecule has 4 rings (SSSR count). The molecule has 110 valence electrons. The number of hydrogen-bond acceptors (Lipinski definition) is 5. The second kappa shape index (κ2) is 5.51. The number of nitrogens with one attached hydrogen (secondary N) is 1. The third kappa shape index (κ3) is 2.75. The van der Waals surface area contributed by atoms with Gasteiger partial charge in [-0.1, -0.05) is 0 Å². The second-order valence-corrected chi connectivity index (χ2v) is 7.70. The fourth-order valence-electron chi connectivity index (χ4n) is 3.05. The van der Waals surface area contributed by atoms with Gasteiger partial charge in [-0.15, -0.1) is 22.7 Å². The minimum Gasteiger partial charge on any atom is -0.301 e. The van der Waals surface area contributed by atoms with E-state index in [9.17, 15) is 4.79 Å². The van der Waals surface area contributed by atoms with Gasteiger partial charge < -0.3 is 5.32 Å². The van der Waals surface area contributed by atoms with Crippen LogP contribution in [-0.2, 0) is 30.6 Å². The zero-order valence-corrected chi connectivity index (χ0v) is 13.4. The molecule has 1 aliphatic heterocycles. The number of nitrogens with zero attached hydrogens (tertiary/aromatic N) is 2. The number of carbonyl (C=O) groups excluding carboxylic acids is 1. The summed E-state index contributed by atoms with van der Waals surface area (Å²) in [5, 5.41) is 5.89. The minimum absolute atomic E-state index is 0.0566. The molecule has 2 aliphatic rings. The van der Waals surface area contributed by atoms with E-state index in [1.807, 2.05) is 11.3 Å². The Morgan fingerprint density at radius 2 is 2.29 bits per heavy atom. The molecular formula is C15H17N3OS2. The van der Waals surface area contributed by atoms with Gasteiger partial charge in [0.1, 0.15) is 0 Å². The predicted octanol–water partition coefficient (Wildman–Crippen LogP) is 2.69. The predicted molar refractivity (Wildman–Crippen MR) is 86.1 cm³/mol. The van der Waals surface area contributed by atoms with Crippen molar-refractivity contribution in [2.45, 2.75) is 32.2 Å². The van der Waals surface area contributed by atoms with Crippen molar-refractivity contribution in [3.05, 3.63) is 32.5 Å². The molecule has 0 aromatic carbocycles. The maximum absolute atomic E-state index is 12.2. The zero-order valence-electron chi connectivity index (χ0n) is 11.7. The van der Waals surface area contributed by atoms with E-state index in [-0.39, 0.29) is 5.91 Å². The van der Waals surface area contributed by atoms with Crippen LogP contribution in [0.2, 0.25) is 0 Å². The summed E-state index contributed by atoms with van der Waals surface area (Å²) in [5.74, 6) is 0.0566. The number of rotatable bonds is 3. The minimum atomic E-state index is 0.0566. The molecule has 1 N–H and O–H groups in total. The summed E-state index contributed by atoms with van der Waals surface area (Å²) in [6, 6.07) is 2.18. The Hall–Kier alpha value is -1.24. The Morgan fingerprint density at radius 1 is 1.33 bits per heavy atom. The molecule has 0 bridgehead atoms. The van der Waals surface area contributed by atoms with Crippen LogP contribution in [0.4, 0.5) is 5.13 Å². The highest BCUT2D eigenvalue weighted by atomic mass is 32.1. The maximum Gasteiger partial charge on any atom is 0.240 e. The summed E-state index contributed by atoms with van der Waals surface area (Å²) < 4.78 is 0. The average molecular weight is 319 g/mol. The van der Waals surface area contributed by atoms with E-state index in [2.05, 4.69) is 26.6 Å². The summed E-state index contributed by atoms with van der Waals surface area (Å²) in [6.45, 7) is 2.31. The molecule has 0 spiro atoms. The molecule has 3 heterocycles. The number of anilines is 1. The van der Waals surface area contributed by atoms with E-state index in [0.717, 1.165) is 37.5 Å². The van der Waals surface area contributed by atoms with Gasteiger partial charge in [-0.2, -0.15) is 0 Å². The monoisotopic (exact) mass is 319 g/mol. The fourth-order valence-corrected chi connectivity index (χ4v) is 5.00. The first-order chi connectivity index (χ1) is 10.3. The quantitative estimate of drug-likeness (QED) is 0.946. The first-order valence-corrected chi connectivity index (χ1v) is 9.03. The molecule has 0 radical (unpaired) electrons. The fraction of sp³-hybridized carbons (Fsp3) is 0.467. The van der Waals surface area contributed by atoms with Crippen LogP contribution in [0.25, 0.3) is 0 Å².